The number of hydrogen-bond donors (Lipinski definition) is 1. The Balaban J connectivity index is 1.82. The Morgan fingerprint density at radius 3 is 2.82 bits per heavy atom. The van der Waals surface area contributed by atoms with Gasteiger partial charge in [0.1, 0.15) is 5.82 Å². The molecule has 1 N–H and O–H groups in total. The summed E-state index contributed by atoms with van der Waals surface area (Å²) in [5.41, 5.74) is 2.69. The summed E-state index contributed by atoms with van der Waals surface area (Å²) in [7, 11) is 0. The van der Waals surface area contributed by atoms with Crippen LogP contribution in [0.1, 0.15) is 35.7 Å². The third-order valence-electron chi connectivity index (χ3n) is 4.03. The van der Waals surface area contributed by atoms with E-state index in [2.05, 4.69) is 28.2 Å². The van der Waals surface area contributed by atoms with Crippen molar-refractivity contribution in [2.75, 3.05) is 23.3 Å². The highest BCUT2D eigenvalue weighted by molar-refractivity contribution is 6.07. The van der Waals surface area contributed by atoms with Crippen LogP contribution in [0.2, 0.25) is 0 Å². The molecule has 0 saturated carbocycles. The standard InChI is InChI=1S/C18H21N3O/c1-2-14-7-5-8-15(13-14)20-18(22)16-9-6-10-19-17(16)21-11-3-4-12-21/h5-10,13H,2-4,11-12H2,1H3,(H,20,22). The summed E-state index contributed by atoms with van der Waals surface area (Å²) in [5.74, 6) is 0.701. The van der Waals surface area contributed by atoms with E-state index in [-0.39, 0.29) is 5.91 Å². The molecule has 2 aromatic rings. The number of rotatable bonds is 4. The number of hydrogen-bond acceptors (Lipinski definition) is 3. The lowest BCUT2D eigenvalue weighted by atomic mass is 10.1. The highest BCUT2D eigenvalue weighted by Gasteiger charge is 2.20. The second kappa shape index (κ2) is 6.60. The van der Waals surface area contributed by atoms with Gasteiger partial charge in [-0.25, -0.2) is 4.98 Å². The molecule has 4 nitrogen and oxygen atoms in total. The molecule has 1 amide bonds. The van der Waals surface area contributed by atoms with Crippen molar-refractivity contribution in [1.82, 2.24) is 4.98 Å². The number of aryl methyl sites for hydroxylation is 1. The van der Waals surface area contributed by atoms with Crippen molar-refractivity contribution < 1.29 is 4.79 Å². The van der Waals surface area contributed by atoms with Gasteiger partial charge in [-0.1, -0.05) is 19.1 Å². The maximum Gasteiger partial charge on any atom is 0.259 e. The fraction of sp³-hybridized carbons (Fsp3) is 0.333. The molecule has 0 spiro atoms. The Labute approximate surface area is 131 Å². The molecular formula is C18H21N3O. The molecule has 1 aromatic heterocycles. The molecule has 0 aliphatic carbocycles. The van der Waals surface area contributed by atoms with Crippen LogP contribution in [0.5, 0.6) is 0 Å². The lowest BCUT2D eigenvalue weighted by Crippen LogP contribution is -2.24. The van der Waals surface area contributed by atoms with E-state index in [4.69, 9.17) is 0 Å². The maximum absolute atomic E-state index is 12.6. The summed E-state index contributed by atoms with van der Waals surface area (Å²) in [4.78, 5) is 19.2. The second-order valence-corrected chi connectivity index (χ2v) is 5.58. The fourth-order valence-electron chi connectivity index (χ4n) is 2.82. The van der Waals surface area contributed by atoms with Crippen molar-refractivity contribution in [3.05, 3.63) is 53.7 Å². The minimum atomic E-state index is -0.0942. The summed E-state index contributed by atoms with van der Waals surface area (Å²) < 4.78 is 0. The zero-order valence-corrected chi connectivity index (χ0v) is 12.9. The molecule has 3 rings (SSSR count). The molecule has 0 radical (unpaired) electrons. The third kappa shape index (κ3) is 3.11. The van der Waals surface area contributed by atoms with E-state index in [1.165, 1.54) is 5.56 Å². The average Bonchev–Trinajstić information content (AvgIpc) is 3.09. The van der Waals surface area contributed by atoms with Crippen LogP contribution >= 0.6 is 0 Å². The Morgan fingerprint density at radius 1 is 1.23 bits per heavy atom. The van der Waals surface area contributed by atoms with Crippen LogP contribution in [-0.4, -0.2) is 24.0 Å². The van der Waals surface area contributed by atoms with Crippen LogP contribution in [0.25, 0.3) is 0 Å². The van der Waals surface area contributed by atoms with Crippen molar-refractivity contribution >= 4 is 17.4 Å². The van der Waals surface area contributed by atoms with Crippen LogP contribution in [0.3, 0.4) is 0 Å². The molecule has 1 aromatic carbocycles. The van der Waals surface area contributed by atoms with Gasteiger partial charge in [0, 0.05) is 25.0 Å². The van der Waals surface area contributed by atoms with Gasteiger partial charge in [0.25, 0.3) is 5.91 Å². The molecule has 1 aliphatic heterocycles. The van der Waals surface area contributed by atoms with E-state index in [0.717, 1.165) is 43.9 Å². The van der Waals surface area contributed by atoms with Gasteiger partial charge < -0.3 is 10.2 Å². The number of benzene rings is 1. The number of nitrogens with zero attached hydrogens (tertiary/aromatic N) is 2. The van der Waals surface area contributed by atoms with Gasteiger partial charge in [-0.2, -0.15) is 0 Å². The zero-order chi connectivity index (χ0) is 15.4. The number of carbonyl (C=O) groups is 1. The van der Waals surface area contributed by atoms with Gasteiger partial charge in [-0.05, 0) is 49.1 Å². The fourth-order valence-corrected chi connectivity index (χ4v) is 2.82. The molecule has 1 saturated heterocycles. The van der Waals surface area contributed by atoms with E-state index < -0.39 is 0 Å². The smallest absolute Gasteiger partial charge is 0.259 e. The van der Waals surface area contributed by atoms with E-state index >= 15 is 0 Å². The SMILES string of the molecule is CCc1cccc(NC(=O)c2cccnc2N2CCCC2)c1. The number of nitrogens with one attached hydrogen (secondary N) is 1. The van der Waals surface area contributed by atoms with Gasteiger partial charge >= 0.3 is 0 Å². The predicted octanol–water partition coefficient (Wildman–Crippen LogP) is 3.50. The normalized spacial score (nSPS) is 14.1. The largest absolute Gasteiger partial charge is 0.356 e. The summed E-state index contributed by atoms with van der Waals surface area (Å²) in [5, 5.41) is 2.99. The highest BCUT2D eigenvalue weighted by atomic mass is 16.1. The Kier molecular flexibility index (Phi) is 4.37. The number of anilines is 2. The molecule has 4 heteroatoms. The molecule has 1 aliphatic rings. The van der Waals surface area contributed by atoms with Crippen LogP contribution in [0.4, 0.5) is 11.5 Å². The molecule has 2 heterocycles. The lowest BCUT2D eigenvalue weighted by Gasteiger charge is -2.19. The van der Waals surface area contributed by atoms with Crippen LogP contribution in [0, 0.1) is 0 Å². The van der Waals surface area contributed by atoms with Crippen LogP contribution in [0.15, 0.2) is 42.6 Å². The first-order valence-corrected chi connectivity index (χ1v) is 7.88. The highest BCUT2D eigenvalue weighted by Crippen LogP contribution is 2.23. The third-order valence-corrected chi connectivity index (χ3v) is 4.03. The average molecular weight is 295 g/mol. The maximum atomic E-state index is 12.6. The minimum Gasteiger partial charge on any atom is -0.356 e. The molecule has 114 valence electrons. The minimum absolute atomic E-state index is 0.0942. The van der Waals surface area contributed by atoms with E-state index in [0.29, 0.717) is 5.56 Å². The number of amides is 1. The number of aromatic nitrogens is 1. The molecule has 0 unspecified atom stereocenters. The Hall–Kier alpha value is -2.36. The molecular weight excluding hydrogens is 274 g/mol. The quantitative estimate of drug-likeness (QED) is 0.939. The first-order valence-electron chi connectivity index (χ1n) is 7.88. The van der Waals surface area contributed by atoms with Gasteiger partial charge in [-0.3, -0.25) is 4.79 Å². The summed E-state index contributed by atoms with van der Waals surface area (Å²) in [6, 6.07) is 11.6. The van der Waals surface area contributed by atoms with E-state index in [9.17, 15) is 4.79 Å². The van der Waals surface area contributed by atoms with Gasteiger partial charge in [-0.15, -0.1) is 0 Å². The van der Waals surface area contributed by atoms with Gasteiger partial charge in [0.05, 0.1) is 5.56 Å². The van der Waals surface area contributed by atoms with Gasteiger partial charge in [0.15, 0.2) is 0 Å². The Bertz CT molecular complexity index is 663. The topological polar surface area (TPSA) is 45.2 Å². The van der Waals surface area contributed by atoms with E-state index in [1.54, 1.807) is 6.20 Å². The summed E-state index contributed by atoms with van der Waals surface area (Å²) >= 11 is 0. The number of pyridine rings is 1. The first kappa shape index (κ1) is 14.6. The van der Waals surface area contributed by atoms with Crippen molar-refractivity contribution in [2.24, 2.45) is 0 Å². The first-order chi connectivity index (χ1) is 10.8. The Morgan fingerprint density at radius 2 is 2.05 bits per heavy atom. The lowest BCUT2D eigenvalue weighted by molar-refractivity contribution is 0.102. The van der Waals surface area contributed by atoms with Crippen molar-refractivity contribution in [3.8, 4) is 0 Å². The van der Waals surface area contributed by atoms with Crippen molar-refractivity contribution in [2.45, 2.75) is 26.2 Å². The number of carbonyl (C=O) groups excluding carboxylic acids is 1. The molecule has 0 atom stereocenters. The van der Waals surface area contributed by atoms with Crippen LogP contribution < -0.4 is 10.2 Å². The second-order valence-electron chi connectivity index (χ2n) is 5.58. The summed E-state index contributed by atoms with van der Waals surface area (Å²) in [6.45, 7) is 4.05. The van der Waals surface area contributed by atoms with Crippen molar-refractivity contribution in [1.29, 1.82) is 0 Å². The molecule has 22 heavy (non-hydrogen) atoms. The van der Waals surface area contributed by atoms with E-state index in [1.807, 2.05) is 30.3 Å². The van der Waals surface area contributed by atoms with Crippen molar-refractivity contribution in [3.63, 3.8) is 0 Å². The zero-order valence-electron chi connectivity index (χ0n) is 12.9. The summed E-state index contributed by atoms with van der Waals surface area (Å²) in [6.07, 6.45) is 5.03. The van der Waals surface area contributed by atoms with Gasteiger partial charge in [0.2, 0.25) is 0 Å². The van der Waals surface area contributed by atoms with Crippen LogP contribution in [-0.2, 0) is 6.42 Å². The molecule has 1 fully saturated rings. The molecule has 0 bridgehead atoms. The predicted molar refractivity (Wildman–Crippen MR) is 89.5 cm³/mol. The monoisotopic (exact) mass is 295 g/mol.